The number of methoxy groups -OCH3 is 1. The Morgan fingerprint density at radius 1 is 1.07 bits per heavy atom. The number of carbonyl (C=O) groups excluding carboxylic acids is 1. The molecule has 28 heavy (non-hydrogen) atoms. The summed E-state index contributed by atoms with van der Waals surface area (Å²) in [5.74, 6) is 0.277. The number of benzene rings is 2. The van der Waals surface area contributed by atoms with Crippen molar-refractivity contribution in [1.29, 1.82) is 0 Å². The van der Waals surface area contributed by atoms with Gasteiger partial charge in [0.15, 0.2) is 0 Å². The van der Waals surface area contributed by atoms with Crippen LogP contribution in [0.3, 0.4) is 0 Å². The zero-order valence-electron chi connectivity index (χ0n) is 16.3. The molecular weight excluding hydrogens is 350 g/mol. The first-order valence-corrected chi connectivity index (χ1v) is 9.94. The number of allylic oxidation sites excluding steroid dienone is 1. The van der Waals surface area contributed by atoms with Crippen molar-refractivity contribution in [2.75, 3.05) is 7.11 Å². The van der Waals surface area contributed by atoms with Crippen molar-refractivity contribution in [3.8, 4) is 0 Å². The average molecular weight is 380 g/mol. The quantitative estimate of drug-likeness (QED) is 0.491. The van der Waals surface area contributed by atoms with E-state index in [4.69, 9.17) is 4.74 Å². The molecule has 0 bridgehead atoms. The maximum absolute atomic E-state index is 12.4. The summed E-state index contributed by atoms with van der Waals surface area (Å²) in [6, 6.07) is 18.9. The molecule has 1 aliphatic carbocycles. The normalized spacial score (nSPS) is 17.2. The summed E-state index contributed by atoms with van der Waals surface area (Å²) in [7, 11) is 1.40. The van der Waals surface area contributed by atoms with E-state index in [1.165, 1.54) is 20.0 Å². The first kappa shape index (κ1) is 20.3. The second kappa shape index (κ2) is 10.2. The Hall–Kier alpha value is -2.43. The van der Waals surface area contributed by atoms with Gasteiger partial charge in [0.1, 0.15) is 6.04 Å². The molecule has 3 rings (SSSR count). The van der Waals surface area contributed by atoms with E-state index in [0.717, 1.165) is 11.1 Å². The first-order chi connectivity index (χ1) is 13.7. The van der Waals surface area contributed by atoms with E-state index in [1.54, 1.807) is 0 Å². The second-order valence-corrected chi connectivity index (χ2v) is 7.44. The van der Waals surface area contributed by atoms with Gasteiger partial charge in [0.2, 0.25) is 0 Å². The van der Waals surface area contributed by atoms with Gasteiger partial charge >= 0.3 is 5.97 Å². The number of nitrogens with one attached hydrogen (secondary N) is 1. The van der Waals surface area contributed by atoms with Crippen LogP contribution in [0.2, 0.25) is 0 Å². The highest BCUT2D eigenvalue weighted by molar-refractivity contribution is 5.76. The van der Waals surface area contributed by atoms with Crippen LogP contribution in [-0.4, -0.2) is 36.4 Å². The molecular formula is C24H29NO3. The van der Waals surface area contributed by atoms with Crippen LogP contribution in [0.25, 0.3) is 0 Å². The van der Waals surface area contributed by atoms with Crippen LogP contribution in [0, 0.1) is 5.92 Å². The second-order valence-electron chi connectivity index (χ2n) is 7.44. The molecule has 0 radical (unpaired) electrons. The molecule has 2 N–H and O–H groups in total. The predicted octanol–water partition coefficient (Wildman–Crippen LogP) is 3.30. The number of hydrogen-bond donors (Lipinski definition) is 2. The Morgan fingerprint density at radius 2 is 1.64 bits per heavy atom. The average Bonchev–Trinajstić information content (AvgIpc) is 3.55. The van der Waals surface area contributed by atoms with Gasteiger partial charge in [-0.25, -0.2) is 0 Å². The molecule has 1 aliphatic rings. The zero-order valence-corrected chi connectivity index (χ0v) is 16.3. The van der Waals surface area contributed by atoms with Gasteiger partial charge in [0, 0.05) is 6.42 Å². The number of aliphatic hydroxyl groups is 1. The van der Waals surface area contributed by atoms with Gasteiger partial charge in [-0.2, -0.15) is 0 Å². The van der Waals surface area contributed by atoms with Crippen LogP contribution < -0.4 is 5.32 Å². The molecule has 1 fully saturated rings. The zero-order chi connectivity index (χ0) is 19.8. The summed E-state index contributed by atoms with van der Waals surface area (Å²) in [5.41, 5.74) is 2.12. The van der Waals surface area contributed by atoms with Crippen molar-refractivity contribution < 1.29 is 14.6 Å². The summed E-state index contributed by atoms with van der Waals surface area (Å²) < 4.78 is 5.01. The topological polar surface area (TPSA) is 58.6 Å². The van der Waals surface area contributed by atoms with Crippen LogP contribution in [-0.2, 0) is 22.4 Å². The molecule has 4 heteroatoms. The SMILES string of the molecule is COC(=O)[C@H](Cc1ccccc1)N[C@H](/C=C/C1CC1)[C@@H](O)Cc1ccccc1. The summed E-state index contributed by atoms with van der Waals surface area (Å²) in [6.45, 7) is 0. The number of rotatable bonds is 10. The number of esters is 1. The van der Waals surface area contributed by atoms with E-state index in [9.17, 15) is 9.90 Å². The van der Waals surface area contributed by atoms with Crippen LogP contribution in [0.4, 0.5) is 0 Å². The number of hydrogen-bond acceptors (Lipinski definition) is 4. The Labute approximate surface area is 167 Å². The highest BCUT2D eigenvalue weighted by Crippen LogP contribution is 2.30. The maximum Gasteiger partial charge on any atom is 0.323 e. The standard InChI is InChI=1S/C24H29NO3/c1-28-24(27)22(16-19-8-4-2-5-9-19)25-21(15-14-18-12-13-18)23(26)17-20-10-6-3-7-11-20/h2-11,14-15,18,21-23,25-26H,12-13,16-17H2,1H3/b15-14+/t21-,22+,23+/m1/s1. The van der Waals surface area contributed by atoms with Crippen molar-refractivity contribution in [2.24, 2.45) is 5.92 Å². The lowest BCUT2D eigenvalue weighted by molar-refractivity contribution is -0.143. The maximum atomic E-state index is 12.4. The fourth-order valence-corrected chi connectivity index (χ4v) is 3.28. The van der Waals surface area contributed by atoms with Gasteiger partial charge in [-0.3, -0.25) is 10.1 Å². The molecule has 1 saturated carbocycles. The summed E-state index contributed by atoms with van der Waals surface area (Å²) in [4.78, 5) is 12.4. The molecule has 0 amide bonds. The fourth-order valence-electron chi connectivity index (χ4n) is 3.28. The molecule has 4 nitrogen and oxygen atoms in total. The molecule has 0 saturated heterocycles. The predicted molar refractivity (Wildman–Crippen MR) is 111 cm³/mol. The van der Waals surface area contributed by atoms with Gasteiger partial charge < -0.3 is 9.84 Å². The third kappa shape index (κ3) is 6.32. The van der Waals surface area contributed by atoms with E-state index in [1.807, 2.05) is 66.7 Å². The molecule has 2 aromatic carbocycles. The summed E-state index contributed by atoms with van der Waals surface area (Å²) in [6.07, 6.45) is 6.96. The summed E-state index contributed by atoms with van der Waals surface area (Å²) >= 11 is 0. The summed E-state index contributed by atoms with van der Waals surface area (Å²) in [5, 5.41) is 14.2. The van der Waals surface area contributed by atoms with Gasteiger partial charge in [-0.05, 0) is 36.3 Å². The van der Waals surface area contributed by atoms with Gasteiger partial charge in [0.05, 0.1) is 19.3 Å². The van der Waals surface area contributed by atoms with Gasteiger partial charge in [0.25, 0.3) is 0 Å². The first-order valence-electron chi connectivity index (χ1n) is 9.94. The number of ether oxygens (including phenoxy) is 1. The van der Waals surface area contributed by atoms with Gasteiger partial charge in [-0.15, -0.1) is 0 Å². The molecule has 0 spiro atoms. The highest BCUT2D eigenvalue weighted by atomic mass is 16.5. The van der Waals surface area contributed by atoms with E-state index < -0.39 is 12.1 Å². The van der Waals surface area contributed by atoms with Crippen molar-refractivity contribution >= 4 is 5.97 Å². The highest BCUT2D eigenvalue weighted by Gasteiger charge is 2.27. The van der Waals surface area contributed by atoms with Crippen molar-refractivity contribution in [2.45, 2.75) is 43.9 Å². The van der Waals surface area contributed by atoms with E-state index in [0.29, 0.717) is 18.8 Å². The van der Waals surface area contributed by atoms with E-state index in [-0.39, 0.29) is 12.0 Å². The third-order valence-electron chi connectivity index (χ3n) is 5.08. The fraction of sp³-hybridized carbons (Fsp3) is 0.375. The van der Waals surface area contributed by atoms with Crippen LogP contribution in [0.1, 0.15) is 24.0 Å². The van der Waals surface area contributed by atoms with E-state index >= 15 is 0 Å². The molecule has 0 unspecified atom stereocenters. The smallest absolute Gasteiger partial charge is 0.323 e. The Balaban J connectivity index is 1.73. The van der Waals surface area contributed by atoms with Crippen molar-refractivity contribution in [3.63, 3.8) is 0 Å². The molecule has 0 aromatic heterocycles. The molecule has 0 heterocycles. The Morgan fingerprint density at radius 3 is 2.18 bits per heavy atom. The van der Waals surface area contributed by atoms with Crippen LogP contribution >= 0.6 is 0 Å². The molecule has 148 valence electrons. The Bertz CT molecular complexity index is 756. The lowest BCUT2D eigenvalue weighted by Crippen LogP contribution is -2.49. The molecule has 3 atom stereocenters. The van der Waals surface area contributed by atoms with Crippen LogP contribution in [0.15, 0.2) is 72.8 Å². The minimum Gasteiger partial charge on any atom is -0.468 e. The monoisotopic (exact) mass is 379 g/mol. The van der Waals surface area contributed by atoms with Crippen LogP contribution in [0.5, 0.6) is 0 Å². The molecule has 0 aliphatic heterocycles. The third-order valence-corrected chi connectivity index (χ3v) is 5.08. The lowest BCUT2D eigenvalue weighted by atomic mass is 9.98. The number of aliphatic hydroxyl groups excluding tert-OH is 1. The Kier molecular flexibility index (Phi) is 7.40. The number of carbonyl (C=O) groups is 1. The minimum absolute atomic E-state index is 0.319. The lowest BCUT2D eigenvalue weighted by Gasteiger charge is -2.26. The van der Waals surface area contributed by atoms with Gasteiger partial charge in [-0.1, -0.05) is 72.8 Å². The largest absolute Gasteiger partial charge is 0.468 e. The molecule has 2 aromatic rings. The minimum atomic E-state index is -0.639. The van der Waals surface area contributed by atoms with Crippen molar-refractivity contribution in [1.82, 2.24) is 5.32 Å². The van der Waals surface area contributed by atoms with E-state index in [2.05, 4.69) is 11.4 Å². The van der Waals surface area contributed by atoms with Crippen molar-refractivity contribution in [3.05, 3.63) is 83.9 Å².